The van der Waals surface area contributed by atoms with Gasteiger partial charge in [0.25, 0.3) is 0 Å². The molecule has 0 saturated carbocycles. The largest absolute Gasteiger partial charge is 0.488 e. The van der Waals surface area contributed by atoms with Crippen LogP contribution < -0.4 is 15.3 Å². The van der Waals surface area contributed by atoms with Crippen molar-refractivity contribution in [2.24, 2.45) is 7.05 Å². The molecular weight excluding hydrogens is 478 g/mol. The molecule has 3 atom stereocenters. The van der Waals surface area contributed by atoms with Crippen molar-refractivity contribution < 1.29 is 4.74 Å². The van der Waals surface area contributed by atoms with Crippen molar-refractivity contribution in [3.8, 4) is 11.8 Å². The molecule has 1 aromatic carbocycles. The number of aryl methyl sites for hydroxylation is 3. The number of imidazole rings is 1. The van der Waals surface area contributed by atoms with Gasteiger partial charge in [0.1, 0.15) is 28.3 Å². The van der Waals surface area contributed by atoms with Gasteiger partial charge in [-0.15, -0.1) is 0 Å². The monoisotopic (exact) mass is 517 g/mol. The minimum Gasteiger partial charge on any atom is -0.488 e. The fourth-order valence-electron chi connectivity index (χ4n) is 6.12. The Labute approximate surface area is 224 Å². The van der Waals surface area contributed by atoms with Crippen molar-refractivity contribution in [2.45, 2.75) is 91.1 Å². The van der Waals surface area contributed by atoms with Crippen LogP contribution in [0.3, 0.4) is 0 Å². The van der Waals surface area contributed by atoms with Gasteiger partial charge in [-0.1, -0.05) is 12.1 Å². The van der Waals surface area contributed by atoms with Crippen LogP contribution in [0.2, 0.25) is 0 Å². The van der Waals surface area contributed by atoms with Crippen LogP contribution >= 0.6 is 0 Å². The summed E-state index contributed by atoms with van der Waals surface area (Å²) < 4.78 is 9.82. The topological polar surface area (TPSA) is 92.2 Å². The first-order chi connectivity index (χ1) is 18.0. The molecule has 5 rings (SSSR count). The average Bonchev–Trinajstić information content (AvgIpc) is 3.24. The Hall–Kier alpha value is -3.38. The number of fused-ring (bicyclic) bond motifs is 2. The number of nitriles is 1. The second-order valence-electron chi connectivity index (χ2n) is 11.5. The van der Waals surface area contributed by atoms with E-state index in [0.717, 1.165) is 37.3 Å². The number of benzene rings is 1. The van der Waals surface area contributed by atoms with Crippen LogP contribution in [0.25, 0.3) is 11.2 Å². The molecule has 3 aromatic rings. The van der Waals surface area contributed by atoms with Crippen molar-refractivity contribution in [1.29, 1.82) is 5.26 Å². The first-order valence-electron chi connectivity index (χ1n) is 13.7. The Kier molecular flexibility index (Phi) is 6.72. The Morgan fingerprint density at radius 3 is 2.68 bits per heavy atom. The number of aromatic nitrogens is 4. The Morgan fingerprint density at radius 1 is 1.21 bits per heavy atom. The summed E-state index contributed by atoms with van der Waals surface area (Å²) in [5.74, 6) is 2.29. The molecule has 1 fully saturated rings. The first kappa shape index (κ1) is 26.2. The molecule has 2 aliphatic rings. The SMILES string of the molecule is CCn1c(CC#N)nc2c(N3C[C@@H](C)N(C(C)c4ccc5c(c4)OC(C)(C)CC5)C[C@@H]3C)nc(=O)n(C)c21. The van der Waals surface area contributed by atoms with E-state index in [1.807, 2.05) is 11.5 Å². The molecule has 1 saturated heterocycles. The molecule has 0 spiro atoms. The number of hydrogen-bond acceptors (Lipinski definition) is 7. The van der Waals surface area contributed by atoms with E-state index in [-0.39, 0.29) is 35.8 Å². The zero-order chi connectivity index (χ0) is 27.4. The van der Waals surface area contributed by atoms with Gasteiger partial charge >= 0.3 is 5.69 Å². The molecule has 38 heavy (non-hydrogen) atoms. The van der Waals surface area contributed by atoms with Gasteiger partial charge in [-0.25, -0.2) is 9.78 Å². The summed E-state index contributed by atoms with van der Waals surface area (Å²) in [6.07, 6.45) is 2.27. The molecule has 2 aliphatic heterocycles. The Bertz CT molecular complexity index is 1460. The molecule has 0 bridgehead atoms. The van der Waals surface area contributed by atoms with Crippen LogP contribution in [0.15, 0.2) is 23.0 Å². The van der Waals surface area contributed by atoms with E-state index in [1.54, 1.807) is 11.6 Å². The summed E-state index contributed by atoms with van der Waals surface area (Å²) in [5, 5.41) is 9.34. The highest BCUT2D eigenvalue weighted by Crippen LogP contribution is 2.37. The van der Waals surface area contributed by atoms with Gasteiger partial charge in [-0.05, 0) is 71.6 Å². The van der Waals surface area contributed by atoms with E-state index in [4.69, 9.17) is 9.72 Å². The molecule has 9 heteroatoms. The fourth-order valence-corrected chi connectivity index (χ4v) is 6.12. The van der Waals surface area contributed by atoms with Gasteiger partial charge in [0.2, 0.25) is 0 Å². The standard InChI is InChI=1S/C29H39N7O2/c1-8-34-24(12-14-30)31-25-26(32-28(37)33(7)27(25)34)36-17-18(2)35(16-19(36)3)20(4)22-10-9-21-11-13-29(5,6)38-23(21)15-22/h9-10,15,18-20H,8,11-13,16-17H2,1-7H3/t18-,19+,20?/m1/s1. The number of hydrogen-bond donors (Lipinski definition) is 0. The van der Waals surface area contributed by atoms with E-state index in [2.05, 4.69) is 73.7 Å². The number of rotatable bonds is 5. The summed E-state index contributed by atoms with van der Waals surface area (Å²) in [5.41, 5.74) is 3.51. The minimum absolute atomic E-state index is 0.121. The van der Waals surface area contributed by atoms with Gasteiger partial charge in [0.15, 0.2) is 5.82 Å². The molecule has 0 N–H and O–H groups in total. The second-order valence-corrected chi connectivity index (χ2v) is 11.5. The summed E-state index contributed by atoms with van der Waals surface area (Å²) in [7, 11) is 1.72. The number of ether oxygens (including phenoxy) is 1. The number of piperazine rings is 1. The highest BCUT2D eigenvalue weighted by molar-refractivity contribution is 5.84. The highest BCUT2D eigenvalue weighted by Gasteiger charge is 2.35. The molecule has 1 unspecified atom stereocenters. The summed E-state index contributed by atoms with van der Waals surface area (Å²) in [6.45, 7) is 15.2. The average molecular weight is 518 g/mol. The minimum atomic E-state index is -0.307. The maximum Gasteiger partial charge on any atom is 0.350 e. The molecule has 9 nitrogen and oxygen atoms in total. The lowest BCUT2D eigenvalue weighted by Gasteiger charge is -2.47. The maximum absolute atomic E-state index is 12.9. The van der Waals surface area contributed by atoms with Crippen molar-refractivity contribution in [2.75, 3.05) is 18.0 Å². The van der Waals surface area contributed by atoms with Crippen molar-refractivity contribution in [3.05, 3.63) is 45.6 Å². The van der Waals surface area contributed by atoms with E-state index in [9.17, 15) is 10.1 Å². The Morgan fingerprint density at radius 2 is 1.97 bits per heavy atom. The number of anilines is 1. The molecule has 0 aliphatic carbocycles. The van der Waals surface area contributed by atoms with Crippen LogP contribution in [0.1, 0.15) is 71.0 Å². The maximum atomic E-state index is 12.9. The van der Waals surface area contributed by atoms with Crippen LogP contribution in [-0.2, 0) is 26.4 Å². The van der Waals surface area contributed by atoms with Crippen LogP contribution in [0.4, 0.5) is 5.82 Å². The van der Waals surface area contributed by atoms with Gasteiger partial charge in [-0.3, -0.25) is 9.47 Å². The van der Waals surface area contributed by atoms with Gasteiger partial charge in [0.05, 0.1) is 12.5 Å². The molecule has 202 valence electrons. The molecular formula is C29H39N7O2. The van der Waals surface area contributed by atoms with Crippen LogP contribution in [0.5, 0.6) is 5.75 Å². The van der Waals surface area contributed by atoms with Crippen molar-refractivity contribution in [1.82, 2.24) is 24.0 Å². The van der Waals surface area contributed by atoms with Gasteiger partial charge in [-0.2, -0.15) is 10.2 Å². The summed E-state index contributed by atoms with van der Waals surface area (Å²) in [6, 6.07) is 9.46. The predicted octanol–water partition coefficient (Wildman–Crippen LogP) is 3.98. The fraction of sp³-hybridized carbons (Fsp3) is 0.586. The van der Waals surface area contributed by atoms with Gasteiger partial charge in [0, 0.05) is 44.8 Å². The van der Waals surface area contributed by atoms with Crippen LogP contribution in [-0.4, -0.2) is 54.8 Å². The van der Waals surface area contributed by atoms with Crippen molar-refractivity contribution in [3.63, 3.8) is 0 Å². The third-order valence-electron chi connectivity index (χ3n) is 8.35. The second kappa shape index (κ2) is 9.73. The quantitative estimate of drug-likeness (QED) is 0.505. The smallest absolute Gasteiger partial charge is 0.350 e. The van der Waals surface area contributed by atoms with E-state index >= 15 is 0 Å². The van der Waals surface area contributed by atoms with Crippen molar-refractivity contribution >= 4 is 17.0 Å². The number of nitrogens with zero attached hydrogens (tertiary/aromatic N) is 7. The summed E-state index contributed by atoms with van der Waals surface area (Å²) in [4.78, 5) is 27.0. The van der Waals surface area contributed by atoms with Crippen LogP contribution in [0, 0.1) is 11.3 Å². The lowest BCUT2D eigenvalue weighted by atomic mass is 9.92. The molecule has 0 radical (unpaired) electrons. The zero-order valence-corrected chi connectivity index (χ0v) is 23.7. The molecule has 0 amide bonds. The first-order valence-corrected chi connectivity index (χ1v) is 13.7. The lowest BCUT2D eigenvalue weighted by Crippen LogP contribution is -2.57. The lowest BCUT2D eigenvalue weighted by molar-refractivity contribution is 0.0836. The highest BCUT2D eigenvalue weighted by atomic mass is 16.5. The van der Waals surface area contributed by atoms with E-state index in [1.165, 1.54) is 11.1 Å². The van der Waals surface area contributed by atoms with Gasteiger partial charge < -0.3 is 14.2 Å². The normalized spacial score (nSPS) is 22.1. The Balaban J connectivity index is 1.45. The van der Waals surface area contributed by atoms with E-state index in [0.29, 0.717) is 23.7 Å². The summed E-state index contributed by atoms with van der Waals surface area (Å²) >= 11 is 0. The molecule has 4 heterocycles. The third-order valence-corrected chi connectivity index (χ3v) is 8.35. The molecule has 2 aromatic heterocycles. The van der Waals surface area contributed by atoms with E-state index < -0.39 is 0 Å². The predicted molar refractivity (Wildman–Crippen MR) is 149 cm³/mol. The third kappa shape index (κ3) is 4.45. The zero-order valence-electron chi connectivity index (χ0n) is 23.7.